The number of benzene rings is 1. The van der Waals surface area contributed by atoms with Crippen LogP contribution in [0, 0.1) is 0 Å². The van der Waals surface area contributed by atoms with Gasteiger partial charge in [0.05, 0.1) is 16.6 Å². The number of aliphatic hydroxyl groups is 1. The van der Waals surface area contributed by atoms with E-state index in [-0.39, 0.29) is 12.2 Å². The van der Waals surface area contributed by atoms with E-state index in [2.05, 4.69) is 15.9 Å². The molecule has 0 spiro atoms. The second kappa shape index (κ2) is 6.50. The zero-order valence-corrected chi connectivity index (χ0v) is 10.2. The predicted molar refractivity (Wildman–Crippen MR) is 62.9 cm³/mol. The number of carboxylic acid groups (broad SMARTS) is 1. The fourth-order valence-electron chi connectivity index (χ4n) is 1.14. The molecule has 0 amide bonds. The first-order valence-electron chi connectivity index (χ1n) is 4.91. The van der Waals surface area contributed by atoms with E-state index in [0.717, 1.165) is 10.9 Å². The van der Waals surface area contributed by atoms with Crippen molar-refractivity contribution in [3.63, 3.8) is 0 Å². The molecular weight excluding hydrogens is 276 g/mol. The summed E-state index contributed by atoms with van der Waals surface area (Å²) in [6, 6.07) is 4.63. The highest BCUT2D eigenvalue weighted by Crippen LogP contribution is 2.26. The molecule has 0 aliphatic carbocycles. The maximum atomic E-state index is 10.7. The van der Waals surface area contributed by atoms with Crippen LogP contribution >= 0.6 is 15.9 Å². The van der Waals surface area contributed by atoms with Gasteiger partial charge in [-0.3, -0.25) is 0 Å². The van der Waals surface area contributed by atoms with Crippen LogP contribution in [-0.2, 0) is 0 Å². The van der Waals surface area contributed by atoms with Crippen LogP contribution < -0.4 is 4.74 Å². The highest BCUT2D eigenvalue weighted by Gasteiger charge is 2.07. The van der Waals surface area contributed by atoms with Crippen LogP contribution in [0.25, 0.3) is 0 Å². The van der Waals surface area contributed by atoms with Gasteiger partial charge in [-0.1, -0.05) is 0 Å². The van der Waals surface area contributed by atoms with Crippen molar-refractivity contribution in [2.75, 3.05) is 13.2 Å². The van der Waals surface area contributed by atoms with Gasteiger partial charge in [0.1, 0.15) is 5.75 Å². The van der Waals surface area contributed by atoms with Crippen LogP contribution in [-0.4, -0.2) is 29.4 Å². The molecular formula is C11H13BrO4. The van der Waals surface area contributed by atoms with Crippen LogP contribution in [0.5, 0.6) is 5.75 Å². The predicted octanol–water partition coefficient (Wildman–Crippen LogP) is 2.30. The largest absolute Gasteiger partial charge is 0.492 e. The number of rotatable bonds is 6. The molecule has 0 saturated carbocycles. The smallest absolute Gasteiger partial charge is 0.335 e. The SMILES string of the molecule is O=C(O)c1ccc(Br)c(OCCCCO)c1. The molecule has 0 radical (unpaired) electrons. The number of carboxylic acids is 1. The minimum atomic E-state index is -0.979. The fraction of sp³-hybridized carbons (Fsp3) is 0.364. The Morgan fingerprint density at radius 3 is 2.75 bits per heavy atom. The molecule has 0 saturated heterocycles. The van der Waals surface area contributed by atoms with E-state index in [1.165, 1.54) is 12.1 Å². The zero-order valence-electron chi connectivity index (χ0n) is 8.65. The molecule has 1 aromatic rings. The summed E-state index contributed by atoms with van der Waals surface area (Å²) < 4.78 is 6.13. The quantitative estimate of drug-likeness (QED) is 0.789. The van der Waals surface area contributed by atoms with Gasteiger partial charge in [0.2, 0.25) is 0 Å². The number of hydrogen-bond acceptors (Lipinski definition) is 3. The molecule has 0 aromatic heterocycles. The maximum Gasteiger partial charge on any atom is 0.335 e. The lowest BCUT2D eigenvalue weighted by Gasteiger charge is -2.08. The van der Waals surface area contributed by atoms with Gasteiger partial charge in [-0.2, -0.15) is 0 Å². The zero-order chi connectivity index (χ0) is 12.0. The van der Waals surface area contributed by atoms with E-state index >= 15 is 0 Å². The van der Waals surface area contributed by atoms with Crippen LogP contribution in [0.2, 0.25) is 0 Å². The van der Waals surface area contributed by atoms with Gasteiger partial charge < -0.3 is 14.9 Å². The van der Waals surface area contributed by atoms with E-state index in [9.17, 15) is 4.79 Å². The number of ether oxygens (including phenoxy) is 1. The van der Waals surface area contributed by atoms with Crippen molar-refractivity contribution in [1.29, 1.82) is 0 Å². The van der Waals surface area contributed by atoms with Gasteiger partial charge >= 0.3 is 5.97 Å². The molecule has 2 N–H and O–H groups in total. The third-order valence-corrected chi connectivity index (χ3v) is 2.64. The van der Waals surface area contributed by atoms with Crippen molar-refractivity contribution in [3.05, 3.63) is 28.2 Å². The summed E-state index contributed by atoms with van der Waals surface area (Å²) in [7, 11) is 0. The lowest BCUT2D eigenvalue weighted by Crippen LogP contribution is -2.01. The van der Waals surface area contributed by atoms with Gasteiger partial charge in [-0.05, 0) is 47.0 Å². The van der Waals surface area contributed by atoms with E-state index < -0.39 is 5.97 Å². The van der Waals surface area contributed by atoms with Gasteiger partial charge in [0.25, 0.3) is 0 Å². The standard InChI is InChI=1S/C11H13BrO4/c12-9-4-3-8(11(14)15)7-10(9)16-6-2-1-5-13/h3-4,7,13H,1-2,5-6H2,(H,14,15). The Kier molecular flexibility index (Phi) is 5.28. The average molecular weight is 289 g/mol. The number of aliphatic hydroxyl groups excluding tert-OH is 1. The maximum absolute atomic E-state index is 10.7. The van der Waals surface area contributed by atoms with Crippen LogP contribution in [0.3, 0.4) is 0 Å². The normalized spacial score (nSPS) is 10.1. The first-order chi connectivity index (χ1) is 7.65. The minimum absolute atomic E-state index is 0.139. The van der Waals surface area contributed by atoms with Crippen LogP contribution in [0.4, 0.5) is 0 Å². The molecule has 88 valence electrons. The highest BCUT2D eigenvalue weighted by atomic mass is 79.9. The lowest BCUT2D eigenvalue weighted by molar-refractivity contribution is 0.0696. The van der Waals surface area contributed by atoms with Gasteiger partial charge in [-0.15, -0.1) is 0 Å². The van der Waals surface area contributed by atoms with Crippen molar-refractivity contribution in [2.45, 2.75) is 12.8 Å². The third kappa shape index (κ3) is 3.83. The van der Waals surface area contributed by atoms with E-state index in [1.54, 1.807) is 6.07 Å². The van der Waals surface area contributed by atoms with Gasteiger partial charge in [0, 0.05) is 6.61 Å². The Bertz CT molecular complexity index is 365. The number of unbranched alkanes of at least 4 members (excludes halogenated alkanes) is 1. The van der Waals surface area contributed by atoms with Crippen molar-refractivity contribution >= 4 is 21.9 Å². The van der Waals surface area contributed by atoms with Crippen LogP contribution in [0.15, 0.2) is 22.7 Å². The van der Waals surface area contributed by atoms with Crippen molar-refractivity contribution < 1.29 is 19.7 Å². The Labute approximate surface area is 102 Å². The minimum Gasteiger partial charge on any atom is -0.492 e. The van der Waals surface area contributed by atoms with Gasteiger partial charge in [-0.25, -0.2) is 4.79 Å². The summed E-state index contributed by atoms with van der Waals surface area (Å²) in [4.78, 5) is 10.7. The lowest BCUT2D eigenvalue weighted by atomic mass is 10.2. The topological polar surface area (TPSA) is 66.8 Å². The number of aromatic carboxylic acids is 1. The molecule has 1 rings (SSSR count). The Hall–Kier alpha value is -1.07. The van der Waals surface area contributed by atoms with Gasteiger partial charge in [0.15, 0.2) is 0 Å². The number of carbonyl (C=O) groups is 1. The summed E-state index contributed by atoms with van der Waals surface area (Å²) >= 11 is 3.28. The molecule has 0 aliphatic heterocycles. The summed E-state index contributed by atoms with van der Waals surface area (Å²) in [6.45, 7) is 0.599. The molecule has 0 unspecified atom stereocenters. The second-order valence-corrected chi connectivity index (χ2v) is 4.08. The third-order valence-electron chi connectivity index (χ3n) is 1.99. The first kappa shape index (κ1) is 13.0. The molecule has 1 aromatic carbocycles. The Balaban J connectivity index is 2.63. The Morgan fingerprint density at radius 2 is 2.12 bits per heavy atom. The van der Waals surface area contributed by atoms with Crippen molar-refractivity contribution in [3.8, 4) is 5.75 Å². The molecule has 5 heteroatoms. The molecule has 0 heterocycles. The molecule has 4 nitrogen and oxygen atoms in total. The van der Waals surface area contributed by atoms with Crippen LogP contribution in [0.1, 0.15) is 23.2 Å². The van der Waals surface area contributed by atoms with Crippen molar-refractivity contribution in [1.82, 2.24) is 0 Å². The fourth-order valence-corrected chi connectivity index (χ4v) is 1.50. The van der Waals surface area contributed by atoms with E-state index in [4.69, 9.17) is 14.9 Å². The summed E-state index contributed by atoms with van der Waals surface area (Å²) in [6.07, 6.45) is 1.41. The highest BCUT2D eigenvalue weighted by molar-refractivity contribution is 9.10. The summed E-state index contributed by atoms with van der Waals surface area (Å²) in [5.74, 6) is -0.467. The molecule has 0 atom stereocenters. The Morgan fingerprint density at radius 1 is 1.38 bits per heavy atom. The molecule has 16 heavy (non-hydrogen) atoms. The van der Waals surface area contributed by atoms with E-state index in [0.29, 0.717) is 18.8 Å². The first-order valence-corrected chi connectivity index (χ1v) is 5.71. The van der Waals surface area contributed by atoms with Crippen molar-refractivity contribution in [2.24, 2.45) is 0 Å². The molecule has 0 aliphatic rings. The molecule has 0 fully saturated rings. The average Bonchev–Trinajstić information content (AvgIpc) is 2.26. The number of hydrogen-bond donors (Lipinski definition) is 2. The second-order valence-electron chi connectivity index (χ2n) is 3.23. The van der Waals surface area contributed by atoms with E-state index in [1.807, 2.05) is 0 Å². The monoisotopic (exact) mass is 288 g/mol. The number of halogens is 1. The summed E-state index contributed by atoms with van der Waals surface area (Å²) in [5, 5.41) is 17.4. The molecule has 0 bridgehead atoms. The summed E-state index contributed by atoms with van der Waals surface area (Å²) in [5.41, 5.74) is 0.195.